The molecule has 0 aliphatic heterocycles. The minimum atomic E-state index is 0.852. The zero-order chi connectivity index (χ0) is 8.20. The SMILES string of the molecule is C=C[N+](C)(C)CN(C)CC. The van der Waals surface area contributed by atoms with E-state index in [4.69, 9.17) is 0 Å². The molecule has 0 aromatic heterocycles. The molecular formula is C8H19N2+. The van der Waals surface area contributed by atoms with Crippen molar-refractivity contribution in [3.63, 3.8) is 0 Å². The first-order valence-electron chi connectivity index (χ1n) is 3.66. The second kappa shape index (κ2) is 3.74. The number of quaternary nitrogens is 1. The summed E-state index contributed by atoms with van der Waals surface area (Å²) in [4.78, 5) is 2.27. The first-order chi connectivity index (χ1) is 4.52. The maximum Gasteiger partial charge on any atom is 0.138 e. The van der Waals surface area contributed by atoms with Crippen LogP contribution >= 0.6 is 0 Å². The van der Waals surface area contributed by atoms with E-state index in [1.54, 1.807) is 0 Å². The molecule has 0 atom stereocenters. The van der Waals surface area contributed by atoms with Gasteiger partial charge in [-0.2, -0.15) is 0 Å². The number of nitrogens with zero attached hydrogens (tertiary/aromatic N) is 2. The van der Waals surface area contributed by atoms with Crippen LogP contribution in [0, 0.1) is 0 Å². The van der Waals surface area contributed by atoms with Crippen LogP contribution in [-0.2, 0) is 0 Å². The quantitative estimate of drug-likeness (QED) is 0.421. The van der Waals surface area contributed by atoms with Crippen molar-refractivity contribution >= 4 is 0 Å². The standard InChI is InChI=1S/C8H19N2/c1-6-9(3)8-10(4,5)7-2/h7H,2,6,8H2,1,3-5H3/q+1. The Morgan fingerprint density at radius 2 is 2.00 bits per heavy atom. The van der Waals surface area contributed by atoms with Crippen LogP contribution in [-0.4, -0.2) is 43.7 Å². The summed E-state index contributed by atoms with van der Waals surface area (Å²) in [7, 11) is 6.39. The fraction of sp³-hybridized carbons (Fsp3) is 0.750. The Morgan fingerprint density at radius 1 is 1.50 bits per heavy atom. The molecule has 60 valence electrons. The maximum absolute atomic E-state index is 3.77. The van der Waals surface area contributed by atoms with Crippen molar-refractivity contribution in [1.82, 2.24) is 4.90 Å². The summed E-state index contributed by atoms with van der Waals surface area (Å²) in [5.74, 6) is 0. The molecule has 0 saturated heterocycles. The van der Waals surface area contributed by atoms with Gasteiger partial charge in [0, 0.05) is 6.54 Å². The molecule has 0 spiro atoms. The van der Waals surface area contributed by atoms with Crippen molar-refractivity contribution in [2.45, 2.75) is 6.92 Å². The van der Waals surface area contributed by atoms with Crippen molar-refractivity contribution in [2.75, 3.05) is 34.4 Å². The fourth-order valence-electron chi connectivity index (χ4n) is 0.780. The van der Waals surface area contributed by atoms with Gasteiger partial charge in [0.2, 0.25) is 0 Å². The molecule has 0 N–H and O–H groups in total. The van der Waals surface area contributed by atoms with Crippen LogP contribution in [0.25, 0.3) is 0 Å². The molecule has 0 unspecified atom stereocenters. The Labute approximate surface area is 64.3 Å². The smallest absolute Gasteiger partial charge is 0.138 e. The van der Waals surface area contributed by atoms with E-state index in [0.29, 0.717) is 0 Å². The second-order valence-corrected chi connectivity index (χ2v) is 3.27. The molecule has 0 radical (unpaired) electrons. The van der Waals surface area contributed by atoms with E-state index in [9.17, 15) is 0 Å². The van der Waals surface area contributed by atoms with E-state index >= 15 is 0 Å². The van der Waals surface area contributed by atoms with Gasteiger partial charge >= 0.3 is 0 Å². The van der Waals surface area contributed by atoms with E-state index < -0.39 is 0 Å². The predicted octanol–water partition coefficient (Wildman–Crippen LogP) is 1.12. The molecule has 0 aromatic carbocycles. The van der Waals surface area contributed by atoms with E-state index in [1.807, 2.05) is 6.20 Å². The Morgan fingerprint density at radius 3 is 2.30 bits per heavy atom. The van der Waals surface area contributed by atoms with E-state index in [2.05, 4.69) is 39.5 Å². The highest BCUT2D eigenvalue weighted by atomic mass is 15.4. The fourth-order valence-corrected chi connectivity index (χ4v) is 0.780. The molecular weight excluding hydrogens is 124 g/mol. The molecule has 2 nitrogen and oxygen atoms in total. The molecule has 0 bridgehead atoms. The molecule has 0 aliphatic carbocycles. The average molecular weight is 143 g/mol. The van der Waals surface area contributed by atoms with Crippen LogP contribution in [0.2, 0.25) is 0 Å². The van der Waals surface area contributed by atoms with Crippen LogP contribution in [0.3, 0.4) is 0 Å². The highest BCUT2D eigenvalue weighted by molar-refractivity contribution is 4.51. The molecule has 0 rings (SSSR count). The maximum atomic E-state index is 3.77. The van der Waals surface area contributed by atoms with Crippen molar-refractivity contribution in [2.24, 2.45) is 0 Å². The zero-order valence-electron chi connectivity index (χ0n) is 7.59. The van der Waals surface area contributed by atoms with Gasteiger partial charge in [-0.1, -0.05) is 6.92 Å². The number of rotatable bonds is 4. The molecule has 0 amide bonds. The summed E-state index contributed by atoms with van der Waals surface area (Å²) >= 11 is 0. The lowest BCUT2D eigenvalue weighted by Crippen LogP contribution is -2.42. The third-order valence-corrected chi connectivity index (χ3v) is 1.64. The largest absolute Gasteiger partial charge is 0.290 e. The van der Waals surface area contributed by atoms with Crippen molar-refractivity contribution < 1.29 is 4.48 Å². The Hall–Kier alpha value is -0.340. The molecule has 0 heterocycles. The predicted molar refractivity (Wildman–Crippen MR) is 45.5 cm³/mol. The first kappa shape index (κ1) is 9.66. The minimum Gasteiger partial charge on any atom is -0.290 e. The summed E-state index contributed by atoms with van der Waals surface area (Å²) in [6.07, 6.45) is 1.95. The monoisotopic (exact) mass is 143 g/mol. The highest BCUT2D eigenvalue weighted by Crippen LogP contribution is 1.98. The van der Waals surface area contributed by atoms with Gasteiger partial charge in [-0.15, -0.1) is 0 Å². The van der Waals surface area contributed by atoms with Crippen LogP contribution in [0.15, 0.2) is 12.8 Å². The Balaban J connectivity index is 3.75. The normalized spacial score (nSPS) is 12.1. The third kappa shape index (κ3) is 3.64. The Kier molecular flexibility index (Phi) is 3.61. The molecule has 2 heteroatoms. The summed E-state index contributed by atoms with van der Waals surface area (Å²) < 4.78 is 0.852. The first-order valence-corrected chi connectivity index (χ1v) is 3.66. The van der Waals surface area contributed by atoms with Gasteiger partial charge < -0.3 is 0 Å². The van der Waals surface area contributed by atoms with Crippen LogP contribution < -0.4 is 0 Å². The van der Waals surface area contributed by atoms with E-state index in [-0.39, 0.29) is 0 Å². The number of hydrogen-bond acceptors (Lipinski definition) is 1. The third-order valence-electron chi connectivity index (χ3n) is 1.64. The molecule has 0 fully saturated rings. The second-order valence-electron chi connectivity index (χ2n) is 3.27. The van der Waals surface area contributed by atoms with Crippen LogP contribution in [0.4, 0.5) is 0 Å². The molecule has 0 aromatic rings. The van der Waals surface area contributed by atoms with Gasteiger partial charge in [0.15, 0.2) is 0 Å². The van der Waals surface area contributed by atoms with E-state index in [0.717, 1.165) is 17.7 Å². The minimum absolute atomic E-state index is 0.852. The summed E-state index contributed by atoms with van der Waals surface area (Å²) in [5.41, 5.74) is 0. The lowest BCUT2D eigenvalue weighted by Gasteiger charge is -2.28. The highest BCUT2D eigenvalue weighted by Gasteiger charge is 2.11. The van der Waals surface area contributed by atoms with Gasteiger partial charge in [0.25, 0.3) is 0 Å². The summed E-state index contributed by atoms with van der Waals surface area (Å²) in [6, 6.07) is 0. The molecule has 0 aliphatic rings. The van der Waals surface area contributed by atoms with Gasteiger partial charge in [0.1, 0.15) is 6.67 Å². The van der Waals surface area contributed by atoms with Gasteiger partial charge in [0.05, 0.1) is 20.3 Å². The lowest BCUT2D eigenvalue weighted by molar-refractivity contribution is -0.849. The van der Waals surface area contributed by atoms with E-state index in [1.165, 1.54) is 0 Å². The Bertz CT molecular complexity index is 108. The molecule has 0 saturated carbocycles. The van der Waals surface area contributed by atoms with Crippen LogP contribution in [0.5, 0.6) is 0 Å². The van der Waals surface area contributed by atoms with Crippen molar-refractivity contribution in [3.8, 4) is 0 Å². The topological polar surface area (TPSA) is 3.24 Å². The van der Waals surface area contributed by atoms with Crippen molar-refractivity contribution in [3.05, 3.63) is 12.8 Å². The summed E-state index contributed by atoms with van der Waals surface area (Å²) in [6.45, 7) is 8.04. The number of hydrogen-bond donors (Lipinski definition) is 0. The summed E-state index contributed by atoms with van der Waals surface area (Å²) in [5, 5.41) is 0. The lowest BCUT2D eigenvalue weighted by atomic mass is 10.5. The van der Waals surface area contributed by atoms with Crippen LogP contribution in [0.1, 0.15) is 6.92 Å². The average Bonchev–Trinajstić information content (AvgIpc) is 1.87. The van der Waals surface area contributed by atoms with Crippen molar-refractivity contribution in [1.29, 1.82) is 0 Å². The zero-order valence-corrected chi connectivity index (χ0v) is 7.59. The molecule has 10 heavy (non-hydrogen) atoms. The van der Waals surface area contributed by atoms with Gasteiger partial charge in [-0.05, 0) is 13.6 Å². The van der Waals surface area contributed by atoms with Gasteiger partial charge in [-0.3, -0.25) is 9.38 Å². The van der Waals surface area contributed by atoms with Gasteiger partial charge in [-0.25, -0.2) is 0 Å².